The molecule has 0 aliphatic carbocycles. The Labute approximate surface area is 87.7 Å². The molecule has 5 heteroatoms. The van der Waals surface area contributed by atoms with Crippen molar-refractivity contribution in [2.45, 2.75) is 26.8 Å². The van der Waals surface area contributed by atoms with Crippen LogP contribution in [-0.2, 0) is 0 Å². The molecular formula is C10H15N5. The van der Waals surface area contributed by atoms with Crippen LogP contribution in [0.2, 0.25) is 0 Å². The molecule has 2 aromatic rings. The Morgan fingerprint density at radius 3 is 2.73 bits per heavy atom. The molecule has 2 N–H and O–H groups in total. The molecule has 2 heterocycles. The molecule has 15 heavy (non-hydrogen) atoms. The van der Waals surface area contributed by atoms with Gasteiger partial charge in [0.1, 0.15) is 5.52 Å². The normalized spacial score (nSPS) is 13.6. The summed E-state index contributed by atoms with van der Waals surface area (Å²) in [5, 5.41) is 7.63. The fraction of sp³-hybridized carbons (Fsp3) is 0.500. The predicted molar refractivity (Wildman–Crippen MR) is 57.3 cm³/mol. The number of fused-ring (bicyclic) bond motifs is 1. The van der Waals surface area contributed by atoms with E-state index in [-0.39, 0.29) is 5.49 Å². The third kappa shape index (κ3) is 1.54. The van der Waals surface area contributed by atoms with Gasteiger partial charge in [-0.2, -0.15) is 0 Å². The summed E-state index contributed by atoms with van der Waals surface area (Å²) in [6.07, 6.45) is 3.30. The topological polar surface area (TPSA) is 70.3 Å². The second-order valence-corrected chi connectivity index (χ2v) is 4.09. The van der Waals surface area contributed by atoms with E-state index in [4.69, 9.17) is 5.41 Å². The molecule has 1 atom stereocenters. The van der Waals surface area contributed by atoms with Gasteiger partial charge in [-0.05, 0) is 12.8 Å². The molecule has 0 amide bonds. The Balaban J connectivity index is 2.67. The van der Waals surface area contributed by atoms with Crippen LogP contribution in [0.25, 0.3) is 11.2 Å². The molecular weight excluding hydrogens is 190 g/mol. The van der Waals surface area contributed by atoms with Crippen LogP contribution in [-0.4, -0.2) is 19.5 Å². The molecule has 0 aliphatic heterocycles. The maximum atomic E-state index is 7.63. The standard InChI is InChI=1S/C10H15N5/c1-6(2)7(3)15-5-14-9(11)8-10(15)13-4-12-8/h4-7,11H,1-3H3,(H,12,13)/t7-/m0/s1. The molecule has 2 rings (SSSR count). The number of aromatic nitrogens is 4. The third-order valence-corrected chi connectivity index (χ3v) is 2.82. The smallest absolute Gasteiger partial charge is 0.173 e. The zero-order chi connectivity index (χ0) is 11.0. The van der Waals surface area contributed by atoms with Crippen LogP contribution in [0.3, 0.4) is 0 Å². The van der Waals surface area contributed by atoms with Crippen LogP contribution in [0.1, 0.15) is 26.8 Å². The summed E-state index contributed by atoms with van der Waals surface area (Å²) >= 11 is 0. The third-order valence-electron chi connectivity index (χ3n) is 2.82. The molecule has 0 bridgehead atoms. The molecule has 0 unspecified atom stereocenters. The van der Waals surface area contributed by atoms with Crippen molar-refractivity contribution >= 4 is 11.2 Å². The predicted octanol–water partition coefficient (Wildman–Crippen LogP) is 1.46. The maximum Gasteiger partial charge on any atom is 0.173 e. The van der Waals surface area contributed by atoms with Crippen molar-refractivity contribution in [1.29, 1.82) is 5.41 Å². The van der Waals surface area contributed by atoms with E-state index < -0.39 is 0 Å². The van der Waals surface area contributed by atoms with E-state index in [9.17, 15) is 0 Å². The van der Waals surface area contributed by atoms with Gasteiger partial charge in [0.25, 0.3) is 0 Å². The highest BCUT2D eigenvalue weighted by Gasteiger charge is 2.13. The van der Waals surface area contributed by atoms with Crippen LogP contribution >= 0.6 is 0 Å². The summed E-state index contributed by atoms with van der Waals surface area (Å²) in [7, 11) is 0. The Bertz CT molecular complexity index is 522. The Kier molecular flexibility index (Phi) is 2.30. The zero-order valence-electron chi connectivity index (χ0n) is 9.15. The van der Waals surface area contributed by atoms with Gasteiger partial charge in [-0.1, -0.05) is 13.8 Å². The van der Waals surface area contributed by atoms with E-state index in [2.05, 4.69) is 35.7 Å². The summed E-state index contributed by atoms with van der Waals surface area (Å²) in [6, 6.07) is 0.323. The number of aromatic amines is 1. The highest BCUT2D eigenvalue weighted by Crippen LogP contribution is 2.18. The van der Waals surface area contributed by atoms with Crippen LogP contribution in [0, 0.1) is 11.3 Å². The lowest BCUT2D eigenvalue weighted by atomic mass is 10.1. The van der Waals surface area contributed by atoms with E-state index in [1.807, 2.05) is 4.57 Å². The molecule has 5 nitrogen and oxygen atoms in total. The van der Waals surface area contributed by atoms with E-state index in [1.54, 1.807) is 12.7 Å². The molecule has 0 spiro atoms. The Hall–Kier alpha value is -1.65. The number of nitrogens with one attached hydrogen (secondary N) is 2. The number of rotatable bonds is 2. The first-order valence-corrected chi connectivity index (χ1v) is 5.06. The summed E-state index contributed by atoms with van der Waals surface area (Å²) in [6.45, 7) is 6.44. The van der Waals surface area contributed by atoms with E-state index in [0.29, 0.717) is 17.5 Å². The molecule has 0 saturated heterocycles. The molecule has 80 valence electrons. The Morgan fingerprint density at radius 1 is 1.33 bits per heavy atom. The molecule has 0 radical (unpaired) electrons. The Morgan fingerprint density at radius 2 is 2.07 bits per heavy atom. The number of hydrogen-bond acceptors (Lipinski definition) is 3. The fourth-order valence-corrected chi connectivity index (χ4v) is 1.52. The van der Waals surface area contributed by atoms with Gasteiger partial charge in [-0.25, -0.2) is 9.97 Å². The van der Waals surface area contributed by atoms with Crippen LogP contribution in [0.5, 0.6) is 0 Å². The number of hydrogen-bond donors (Lipinski definition) is 2. The minimum atomic E-state index is 0.245. The van der Waals surface area contributed by atoms with Crippen molar-refractivity contribution in [3.8, 4) is 0 Å². The lowest BCUT2D eigenvalue weighted by Gasteiger charge is -2.19. The van der Waals surface area contributed by atoms with Crippen molar-refractivity contribution in [1.82, 2.24) is 19.5 Å². The second-order valence-electron chi connectivity index (χ2n) is 4.09. The molecule has 2 aromatic heterocycles. The molecule has 0 aromatic carbocycles. The molecule has 0 saturated carbocycles. The van der Waals surface area contributed by atoms with Crippen molar-refractivity contribution in [2.24, 2.45) is 5.92 Å². The monoisotopic (exact) mass is 205 g/mol. The number of H-pyrrole nitrogens is 1. The summed E-state index contributed by atoms with van der Waals surface area (Å²) in [5.41, 5.74) is 1.75. The molecule has 0 aliphatic rings. The van der Waals surface area contributed by atoms with Gasteiger partial charge < -0.3 is 9.55 Å². The van der Waals surface area contributed by atoms with Gasteiger partial charge in [0.15, 0.2) is 11.1 Å². The van der Waals surface area contributed by atoms with Gasteiger partial charge in [-0.15, -0.1) is 0 Å². The lowest BCUT2D eigenvalue weighted by molar-refractivity contribution is 0.411. The van der Waals surface area contributed by atoms with Crippen molar-refractivity contribution in [2.75, 3.05) is 0 Å². The fourth-order valence-electron chi connectivity index (χ4n) is 1.52. The van der Waals surface area contributed by atoms with Crippen LogP contribution in [0.15, 0.2) is 12.7 Å². The SMILES string of the molecule is CC(C)[C@H](C)n1cnc(=N)c2[nH]cnc21. The average molecular weight is 205 g/mol. The van der Waals surface area contributed by atoms with Crippen molar-refractivity contribution in [3.63, 3.8) is 0 Å². The van der Waals surface area contributed by atoms with E-state index in [1.165, 1.54) is 0 Å². The van der Waals surface area contributed by atoms with Gasteiger partial charge in [0.2, 0.25) is 0 Å². The zero-order valence-corrected chi connectivity index (χ0v) is 9.15. The average Bonchev–Trinajstić information content (AvgIpc) is 2.66. The van der Waals surface area contributed by atoms with Crippen molar-refractivity contribution in [3.05, 3.63) is 18.1 Å². The largest absolute Gasteiger partial charge is 0.340 e. The molecule has 0 fully saturated rings. The number of nitrogens with zero attached hydrogens (tertiary/aromatic N) is 3. The first-order chi connectivity index (χ1) is 7.11. The summed E-state index contributed by atoms with van der Waals surface area (Å²) in [5.74, 6) is 0.508. The first-order valence-electron chi connectivity index (χ1n) is 5.06. The van der Waals surface area contributed by atoms with Gasteiger partial charge >= 0.3 is 0 Å². The van der Waals surface area contributed by atoms with Gasteiger partial charge in [0.05, 0.1) is 12.7 Å². The van der Waals surface area contributed by atoms with E-state index >= 15 is 0 Å². The lowest BCUT2D eigenvalue weighted by Crippen LogP contribution is -2.18. The maximum absolute atomic E-state index is 7.63. The van der Waals surface area contributed by atoms with Crippen LogP contribution < -0.4 is 5.49 Å². The van der Waals surface area contributed by atoms with E-state index in [0.717, 1.165) is 5.65 Å². The van der Waals surface area contributed by atoms with Gasteiger partial charge in [-0.3, -0.25) is 5.41 Å². The minimum Gasteiger partial charge on any atom is -0.340 e. The first kappa shape index (κ1) is 9.89. The minimum absolute atomic E-state index is 0.245. The second kappa shape index (κ2) is 3.49. The highest BCUT2D eigenvalue weighted by molar-refractivity contribution is 5.68. The van der Waals surface area contributed by atoms with Gasteiger partial charge in [0, 0.05) is 6.04 Å². The van der Waals surface area contributed by atoms with Crippen molar-refractivity contribution < 1.29 is 0 Å². The van der Waals surface area contributed by atoms with Crippen LogP contribution in [0.4, 0.5) is 0 Å². The number of imidazole rings is 1. The highest BCUT2D eigenvalue weighted by atomic mass is 15.1. The quantitative estimate of drug-likeness (QED) is 0.779. The summed E-state index contributed by atoms with van der Waals surface area (Å²) in [4.78, 5) is 11.2. The summed E-state index contributed by atoms with van der Waals surface area (Å²) < 4.78 is 2.01.